The summed E-state index contributed by atoms with van der Waals surface area (Å²) in [6, 6.07) is 1.79. The van der Waals surface area contributed by atoms with E-state index in [1.807, 2.05) is 13.8 Å². The zero-order valence-electron chi connectivity index (χ0n) is 12.1. The van der Waals surface area contributed by atoms with E-state index in [1.165, 1.54) is 11.3 Å². The SMILES string of the molecule is CCc1cc(C(=O)Nc2nc(C(C)=NO)cs2)n(CC)n1. The second-order valence-electron chi connectivity index (χ2n) is 4.37. The van der Waals surface area contributed by atoms with Crippen LogP contribution in [0.15, 0.2) is 16.6 Å². The summed E-state index contributed by atoms with van der Waals surface area (Å²) in [5, 5.41) is 21.1. The third kappa shape index (κ3) is 3.27. The van der Waals surface area contributed by atoms with Crippen molar-refractivity contribution < 1.29 is 10.0 Å². The number of nitrogens with one attached hydrogen (secondary N) is 1. The van der Waals surface area contributed by atoms with Gasteiger partial charge in [-0.2, -0.15) is 5.10 Å². The summed E-state index contributed by atoms with van der Waals surface area (Å²) in [5.41, 5.74) is 2.33. The van der Waals surface area contributed by atoms with Crippen molar-refractivity contribution in [1.29, 1.82) is 0 Å². The minimum absolute atomic E-state index is 0.247. The Hall–Kier alpha value is -2.22. The number of amides is 1. The summed E-state index contributed by atoms with van der Waals surface area (Å²) in [5.74, 6) is -0.247. The smallest absolute Gasteiger partial charge is 0.275 e. The molecule has 0 saturated carbocycles. The van der Waals surface area contributed by atoms with Crippen LogP contribution >= 0.6 is 11.3 Å². The number of aromatic nitrogens is 3. The molecule has 0 radical (unpaired) electrons. The summed E-state index contributed by atoms with van der Waals surface area (Å²) in [7, 11) is 0. The number of thiazole rings is 1. The lowest BCUT2D eigenvalue weighted by atomic mass is 10.3. The monoisotopic (exact) mass is 307 g/mol. The van der Waals surface area contributed by atoms with Gasteiger partial charge < -0.3 is 5.21 Å². The molecule has 0 aliphatic carbocycles. The number of hydrogen-bond donors (Lipinski definition) is 2. The van der Waals surface area contributed by atoms with E-state index >= 15 is 0 Å². The Morgan fingerprint density at radius 2 is 2.29 bits per heavy atom. The summed E-state index contributed by atoms with van der Waals surface area (Å²) in [6.45, 7) is 6.20. The molecule has 0 aliphatic rings. The zero-order chi connectivity index (χ0) is 15.4. The first-order valence-electron chi connectivity index (χ1n) is 6.61. The minimum Gasteiger partial charge on any atom is -0.411 e. The van der Waals surface area contributed by atoms with Crippen molar-refractivity contribution in [2.45, 2.75) is 33.7 Å². The van der Waals surface area contributed by atoms with Crippen molar-refractivity contribution in [3.8, 4) is 0 Å². The molecule has 0 spiro atoms. The van der Waals surface area contributed by atoms with Crippen molar-refractivity contribution >= 4 is 28.1 Å². The normalized spacial score (nSPS) is 11.7. The maximum Gasteiger partial charge on any atom is 0.275 e. The topological polar surface area (TPSA) is 92.4 Å². The van der Waals surface area contributed by atoms with E-state index in [1.54, 1.807) is 23.1 Å². The van der Waals surface area contributed by atoms with Gasteiger partial charge >= 0.3 is 0 Å². The van der Waals surface area contributed by atoms with Gasteiger partial charge in [0.2, 0.25) is 0 Å². The standard InChI is InChI=1S/C13H17N5O2S/c1-4-9-6-11(18(5-2)16-9)12(19)15-13-14-10(7-21-13)8(3)17-20/h6-7,20H,4-5H2,1-3H3,(H,14,15,19). The van der Waals surface area contributed by atoms with Crippen LogP contribution in [0.2, 0.25) is 0 Å². The van der Waals surface area contributed by atoms with Crippen molar-refractivity contribution in [2.75, 3.05) is 5.32 Å². The lowest BCUT2D eigenvalue weighted by molar-refractivity contribution is 0.101. The molecule has 0 fully saturated rings. The number of oxime groups is 1. The van der Waals surface area contributed by atoms with Crippen molar-refractivity contribution in [1.82, 2.24) is 14.8 Å². The Balaban J connectivity index is 2.18. The van der Waals surface area contributed by atoms with Gasteiger partial charge in [-0.05, 0) is 26.3 Å². The third-order valence-electron chi connectivity index (χ3n) is 2.97. The number of carbonyl (C=O) groups excluding carboxylic acids is 1. The van der Waals surface area contributed by atoms with E-state index in [4.69, 9.17) is 5.21 Å². The molecule has 0 unspecified atom stereocenters. The maximum absolute atomic E-state index is 12.3. The van der Waals surface area contributed by atoms with E-state index in [0.717, 1.165) is 12.1 Å². The molecule has 0 aromatic carbocycles. The first-order valence-corrected chi connectivity index (χ1v) is 7.49. The highest BCUT2D eigenvalue weighted by Crippen LogP contribution is 2.17. The molecule has 0 bridgehead atoms. The maximum atomic E-state index is 12.3. The molecule has 2 aromatic heterocycles. The highest BCUT2D eigenvalue weighted by molar-refractivity contribution is 7.14. The van der Waals surface area contributed by atoms with Gasteiger partial charge in [-0.15, -0.1) is 11.3 Å². The van der Waals surface area contributed by atoms with Crippen LogP contribution in [0.1, 0.15) is 42.6 Å². The average molecular weight is 307 g/mol. The molecule has 2 heterocycles. The van der Waals surface area contributed by atoms with Crippen LogP contribution in [0.3, 0.4) is 0 Å². The van der Waals surface area contributed by atoms with Crippen molar-refractivity contribution in [3.63, 3.8) is 0 Å². The number of hydrogen-bond acceptors (Lipinski definition) is 6. The predicted octanol–water partition coefficient (Wildman–Crippen LogP) is 2.37. The Kier molecular flexibility index (Phi) is 4.69. The number of carbonyl (C=O) groups is 1. The highest BCUT2D eigenvalue weighted by Gasteiger charge is 2.16. The predicted molar refractivity (Wildman–Crippen MR) is 81.3 cm³/mol. The van der Waals surface area contributed by atoms with Gasteiger partial charge in [0.15, 0.2) is 5.13 Å². The van der Waals surface area contributed by atoms with Crippen molar-refractivity contribution in [3.05, 3.63) is 28.5 Å². The van der Waals surface area contributed by atoms with Crippen LogP contribution in [0.25, 0.3) is 0 Å². The van der Waals surface area contributed by atoms with Crippen LogP contribution in [0.5, 0.6) is 0 Å². The third-order valence-corrected chi connectivity index (χ3v) is 3.73. The molecule has 0 aliphatic heterocycles. The molecule has 0 atom stereocenters. The summed E-state index contributed by atoms with van der Waals surface area (Å²) in [6.07, 6.45) is 0.779. The Morgan fingerprint density at radius 1 is 1.52 bits per heavy atom. The van der Waals surface area contributed by atoms with Crippen LogP contribution in [-0.4, -0.2) is 31.6 Å². The fourth-order valence-corrected chi connectivity index (χ4v) is 2.53. The molecule has 21 heavy (non-hydrogen) atoms. The molecule has 8 heteroatoms. The highest BCUT2D eigenvalue weighted by atomic mass is 32.1. The summed E-state index contributed by atoms with van der Waals surface area (Å²) in [4.78, 5) is 16.5. The molecule has 2 N–H and O–H groups in total. The lowest BCUT2D eigenvalue weighted by Gasteiger charge is -2.03. The molecule has 112 valence electrons. The van der Waals surface area contributed by atoms with Gasteiger partial charge in [-0.3, -0.25) is 14.8 Å². The van der Waals surface area contributed by atoms with Gasteiger partial charge in [-0.25, -0.2) is 4.98 Å². The van der Waals surface area contributed by atoms with Gasteiger partial charge in [0.1, 0.15) is 17.1 Å². The number of rotatable bonds is 5. The van der Waals surface area contributed by atoms with E-state index < -0.39 is 0 Å². The van der Waals surface area contributed by atoms with Gasteiger partial charge in [0.05, 0.1) is 5.69 Å². The first-order chi connectivity index (χ1) is 10.1. The molecular formula is C13H17N5O2S. The number of nitrogens with zero attached hydrogens (tertiary/aromatic N) is 4. The minimum atomic E-state index is -0.247. The van der Waals surface area contributed by atoms with E-state index in [-0.39, 0.29) is 5.91 Å². The number of aryl methyl sites for hydroxylation is 2. The summed E-state index contributed by atoms with van der Waals surface area (Å²) >= 11 is 1.28. The van der Waals surface area contributed by atoms with Crippen LogP contribution in [0.4, 0.5) is 5.13 Å². The van der Waals surface area contributed by atoms with E-state index in [9.17, 15) is 4.79 Å². The lowest BCUT2D eigenvalue weighted by Crippen LogP contribution is -2.17. The molecular weight excluding hydrogens is 290 g/mol. The fourth-order valence-electron chi connectivity index (χ4n) is 1.78. The van der Waals surface area contributed by atoms with E-state index in [2.05, 4.69) is 20.6 Å². The second-order valence-corrected chi connectivity index (χ2v) is 5.23. The Morgan fingerprint density at radius 3 is 2.90 bits per heavy atom. The van der Waals surface area contributed by atoms with Crippen LogP contribution < -0.4 is 5.32 Å². The Labute approximate surface area is 126 Å². The molecule has 7 nitrogen and oxygen atoms in total. The first kappa shape index (κ1) is 15.2. The fraction of sp³-hybridized carbons (Fsp3) is 0.385. The average Bonchev–Trinajstić information content (AvgIpc) is 3.12. The van der Waals surface area contributed by atoms with Gasteiger partial charge in [0, 0.05) is 11.9 Å². The van der Waals surface area contributed by atoms with Crippen LogP contribution in [0, 0.1) is 0 Å². The molecule has 2 aromatic rings. The van der Waals surface area contributed by atoms with Gasteiger partial charge in [0.25, 0.3) is 5.91 Å². The zero-order valence-corrected chi connectivity index (χ0v) is 12.9. The number of anilines is 1. The second kappa shape index (κ2) is 6.49. The van der Waals surface area contributed by atoms with Crippen molar-refractivity contribution in [2.24, 2.45) is 5.16 Å². The molecule has 0 saturated heterocycles. The summed E-state index contributed by atoms with van der Waals surface area (Å²) < 4.78 is 1.67. The largest absolute Gasteiger partial charge is 0.411 e. The molecule has 1 amide bonds. The van der Waals surface area contributed by atoms with Crippen LogP contribution in [-0.2, 0) is 13.0 Å². The van der Waals surface area contributed by atoms with Gasteiger partial charge in [-0.1, -0.05) is 12.1 Å². The Bertz CT molecular complexity index is 674. The quantitative estimate of drug-likeness (QED) is 0.504. The molecule has 2 rings (SSSR count). The van der Waals surface area contributed by atoms with E-state index in [0.29, 0.717) is 28.8 Å².